The summed E-state index contributed by atoms with van der Waals surface area (Å²) in [7, 11) is 4.42. The SMILES string of the molecule is COc1ccc(CC(=O)O[C@H](CC=C(C)C)C2=CC(=O)c3c(OC)ccc(OC)c3C2=O)cc1. The molecule has 0 bridgehead atoms. The Labute approximate surface area is 199 Å². The van der Waals surface area contributed by atoms with Crippen LogP contribution in [0.4, 0.5) is 0 Å². The van der Waals surface area contributed by atoms with E-state index in [2.05, 4.69) is 0 Å². The molecule has 0 aromatic heterocycles. The first-order chi connectivity index (χ1) is 16.3. The van der Waals surface area contributed by atoms with Crippen LogP contribution >= 0.6 is 0 Å². The van der Waals surface area contributed by atoms with Crippen molar-refractivity contribution < 1.29 is 33.3 Å². The number of ketones is 2. The topological polar surface area (TPSA) is 88.1 Å². The van der Waals surface area contributed by atoms with E-state index < -0.39 is 23.6 Å². The zero-order chi connectivity index (χ0) is 24.8. The number of ether oxygens (including phenoxy) is 4. The molecule has 1 atom stereocenters. The molecule has 1 aliphatic rings. The number of fused-ring (bicyclic) bond motifs is 1. The van der Waals surface area contributed by atoms with Gasteiger partial charge < -0.3 is 18.9 Å². The van der Waals surface area contributed by atoms with E-state index in [4.69, 9.17) is 18.9 Å². The zero-order valence-corrected chi connectivity index (χ0v) is 20.0. The molecule has 0 saturated heterocycles. The molecule has 178 valence electrons. The lowest BCUT2D eigenvalue weighted by atomic mass is 9.85. The van der Waals surface area contributed by atoms with Crippen molar-refractivity contribution in [3.8, 4) is 17.2 Å². The van der Waals surface area contributed by atoms with Gasteiger partial charge in [0.05, 0.1) is 38.9 Å². The summed E-state index contributed by atoms with van der Waals surface area (Å²) in [6, 6.07) is 10.2. The van der Waals surface area contributed by atoms with Crippen molar-refractivity contribution >= 4 is 17.5 Å². The summed E-state index contributed by atoms with van der Waals surface area (Å²) in [5, 5.41) is 0. The Balaban J connectivity index is 1.93. The van der Waals surface area contributed by atoms with Crippen molar-refractivity contribution in [3.05, 3.63) is 76.4 Å². The van der Waals surface area contributed by atoms with Gasteiger partial charge in [0.25, 0.3) is 0 Å². The maximum Gasteiger partial charge on any atom is 0.310 e. The molecule has 0 amide bonds. The predicted octanol–water partition coefficient (Wildman–Crippen LogP) is 4.53. The highest BCUT2D eigenvalue weighted by atomic mass is 16.5. The number of hydrogen-bond donors (Lipinski definition) is 0. The lowest BCUT2D eigenvalue weighted by Gasteiger charge is -2.24. The van der Waals surface area contributed by atoms with E-state index in [0.717, 1.165) is 11.1 Å². The van der Waals surface area contributed by atoms with E-state index in [1.807, 2.05) is 19.9 Å². The number of carbonyl (C=O) groups is 3. The number of Topliss-reactive ketones (excluding diaryl/α,β-unsaturated/α-hetero) is 1. The first-order valence-corrected chi connectivity index (χ1v) is 10.8. The number of esters is 1. The largest absolute Gasteiger partial charge is 0.497 e. The molecule has 0 aliphatic heterocycles. The maximum atomic E-state index is 13.5. The monoisotopic (exact) mass is 464 g/mol. The quantitative estimate of drug-likeness (QED) is 0.398. The van der Waals surface area contributed by atoms with Crippen LogP contribution in [0.3, 0.4) is 0 Å². The van der Waals surface area contributed by atoms with Crippen LogP contribution in [0.25, 0.3) is 0 Å². The molecule has 34 heavy (non-hydrogen) atoms. The van der Waals surface area contributed by atoms with Gasteiger partial charge in [0.2, 0.25) is 0 Å². The standard InChI is InChI=1S/C27H28O7/c1-16(2)6-11-21(34-24(29)14-17-7-9-18(31-3)10-8-17)19-15-20(28)25-22(32-4)12-13-23(33-5)26(25)27(19)30/h6-10,12-13,15,21H,11,14H2,1-5H3/t21-/m1/s1. The first-order valence-electron chi connectivity index (χ1n) is 10.8. The van der Waals surface area contributed by atoms with E-state index >= 15 is 0 Å². The summed E-state index contributed by atoms with van der Waals surface area (Å²) in [5.41, 5.74) is 2.08. The van der Waals surface area contributed by atoms with Crippen LogP contribution in [0.5, 0.6) is 17.2 Å². The van der Waals surface area contributed by atoms with Gasteiger partial charge in [-0.1, -0.05) is 23.8 Å². The molecule has 7 nitrogen and oxygen atoms in total. The Morgan fingerprint density at radius 1 is 0.882 bits per heavy atom. The molecule has 3 rings (SSSR count). The van der Waals surface area contributed by atoms with E-state index in [1.165, 1.54) is 20.3 Å². The molecule has 0 heterocycles. The molecule has 0 saturated carbocycles. The molecule has 2 aromatic rings. The number of allylic oxidation sites excluding steroid dienone is 2. The fourth-order valence-electron chi connectivity index (χ4n) is 3.73. The molecule has 7 heteroatoms. The second kappa shape index (κ2) is 10.8. The highest BCUT2D eigenvalue weighted by Crippen LogP contribution is 2.37. The third kappa shape index (κ3) is 5.36. The third-order valence-corrected chi connectivity index (χ3v) is 5.46. The van der Waals surface area contributed by atoms with Gasteiger partial charge in [-0.3, -0.25) is 14.4 Å². The summed E-state index contributed by atoms with van der Waals surface area (Å²) >= 11 is 0. The molecule has 0 unspecified atom stereocenters. The zero-order valence-electron chi connectivity index (χ0n) is 20.0. The van der Waals surface area contributed by atoms with Crippen molar-refractivity contribution in [1.29, 1.82) is 0 Å². The van der Waals surface area contributed by atoms with Crippen molar-refractivity contribution in [2.24, 2.45) is 0 Å². The summed E-state index contributed by atoms with van der Waals surface area (Å²) in [6.45, 7) is 3.81. The van der Waals surface area contributed by atoms with Gasteiger partial charge in [-0.25, -0.2) is 0 Å². The summed E-state index contributed by atoms with van der Waals surface area (Å²) < 4.78 is 21.5. The highest BCUT2D eigenvalue weighted by Gasteiger charge is 2.36. The number of methoxy groups -OCH3 is 3. The fraction of sp³-hybridized carbons (Fsp3) is 0.296. The Hall–Kier alpha value is -3.87. The van der Waals surface area contributed by atoms with E-state index in [9.17, 15) is 14.4 Å². The van der Waals surface area contributed by atoms with Crippen LogP contribution in [0.15, 0.2) is 59.7 Å². The van der Waals surface area contributed by atoms with Crippen LogP contribution in [-0.2, 0) is 16.0 Å². The van der Waals surface area contributed by atoms with Crippen LogP contribution < -0.4 is 14.2 Å². The third-order valence-electron chi connectivity index (χ3n) is 5.46. The molecule has 2 aromatic carbocycles. The van der Waals surface area contributed by atoms with Gasteiger partial charge in [-0.05, 0) is 49.8 Å². The van der Waals surface area contributed by atoms with Crippen molar-refractivity contribution in [2.75, 3.05) is 21.3 Å². The normalized spacial score (nSPS) is 13.4. The minimum absolute atomic E-state index is 0.0124. The number of hydrogen-bond acceptors (Lipinski definition) is 7. The first kappa shape index (κ1) is 24.8. The second-order valence-corrected chi connectivity index (χ2v) is 8.03. The van der Waals surface area contributed by atoms with E-state index in [0.29, 0.717) is 5.75 Å². The van der Waals surface area contributed by atoms with Gasteiger partial charge in [-0.15, -0.1) is 0 Å². The lowest BCUT2D eigenvalue weighted by Crippen LogP contribution is -2.30. The fourth-order valence-corrected chi connectivity index (χ4v) is 3.73. The molecule has 0 N–H and O–H groups in total. The Morgan fingerprint density at radius 3 is 2.06 bits per heavy atom. The lowest BCUT2D eigenvalue weighted by molar-refractivity contribution is -0.146. The van der Waals surface area contributed by atoms with Crippen molar-refractivity contribution in [2.45, 2.75) is 32.8 Å². The smallest absolute Gasteiger partial charge is 0.310 e. The Bertz CT molecular complexity index is 1150. The van der Waals surface area contributed by atoms with Crippen LogP contribution in [0, 0.1) is 0 Å². The molecular weight excluding hydrogens is 436 g/mol. The van der Waals surface area contributed by atoms with Crippen molar-refractivity contribution in [1.82, 2.24) is 0 Å². The summed E-state index contributed by atoms with van der Waals surface area (Å²) in [5.74, 6) is -0.143. The van der Waals surface area contributed by atoms with Gasteiger partial charge in [0.1, 0.15) is 23.4 Å². The average molecular weight is 465 g/mol. The maximum absolute atomic E-state index is 13.5. The van der Waals surface area contributed by atoms with Crippen LogP contribution in [-0.4, -0.2) is 45.0 Å². The van der Waals surface area contributed by atoms with E-state index in [-0.39, 0.29) is 41.0 Å². The minimum Gasteiger partial charge on any atom is -0.497 e. The number of carbonyl (C=O) groups excluding carboxylic acids is 3. The van der Waals surface area contributed by atoms with Gasteiger partial charge in [-0.2, -0.15) is 0 Å². The highest BCUT2D eigenvalue weighted by molar-refractivity contribution is 6.27. The molecule has 0 radical (unpaired) electrons. The molecule has 0 spiro atoms. The van der Waals surface area contributed by atoms with E-state index in [1.54, 1.807) is 43.5 Å². The average Bonchev–Trinajstić information content (AvgIpc) is 2.83. The Morgan fingerprint density at radius 2 is 1.50 bits per heavy atom. The second-order valence-electron chi connectivity index (χ2n) is 8.03. The van der Waals surface area contributed by atoms with Crippen LogP contribution in [0.2, 0.25) is 0 Å². The van der Waals surface area contributed by atoms with Gasteiger partial charge in [0.15, 0.2) is 11.6 Å². The summed E-state index contributed by atoms with van der Waals surface area (Å²) in [6.07, 6.45) is 2.43. The van der Waals surface area contributed by atoms with Gasteiger partial charge >= 0.3 is 5.97 Å². The van der Waals surface area contributed by atoms with Crippen molar-refractivity contribution in [3.63, 3.8) is 0 Å². The predicted molar refractivity (Wildman–Crippen MR) is 127 cm³/mol. The molecule has 0 fully saturated rings. The number of benzene rings is 2. The Kier molecular flexibility index (Phi) is 7.89. The number of rotatable bonds is 9. The molecule has 1 aliphatic carbocycles. The molecular formula is C27H28O7. The van der Waals surface area contributed by atoms with Gasteiger partial charge in [0, 0.05) is 12.0 Å². The summed E-state index contributed by atoms with van der Waals surface area (Å²) in [4.78, 5) is 39.3. The minimum atomic E-state index is -0.929. The van der Waals surface area contributed by atoms with Crippen LogP contribution in [0.1, 0.15) is 46.5 Å².